The quantitative estimate of drug-likeness (QED) is 0.474. The Kier molecular flexibility index (Phi) is 3.69. The molecule has 6 heteroatoms. The number of rotatable bonds is 2. The summed E-state index contributed by atoms with van der Waals surface area (Å²) in [4.78, 5) is 26.6. The van der Waals surface area contributed by atoms with Crippen LogP contribution < -0.4 is 10.6 Å². The Morgan fingerprint density at radius 2 is 1.64 bits per heavy atom. The van der Waals surface area contributed by atoms with Gasteiger partial charge in [0.2, 0.25) is 0 Å². The molecule has 1 atom stereocenters. The minimum atomic E-state index is -0.314. The molecule has 4 aromatic rings. The third-order valence-corrected chi connectivity index (χ3v) is 7.79. The number of benzene rings is 2. The molecular formula is C27H24N4O2. The molecule has 1 spiro atoms. The topological polar surface area (TPSA) is 68.1 Å². The summed E-state index contributed by atoms with van der Waals surface area (Å²) in [7, 11) is 1.98. The van der Waals surface area contributed by atoms with E-state index in [1.54, 1.807) is 0 Å². The maximum Gasteiger partial charge on any atom is 0.259 e. The number of para-hydroxylation sites is 2. The largest absolute Gasteiger partial charge is 0.350 e. The van der Waals surface area contributed by atoms with E-state index < -0.39 is 0 Å². The highest BCUT2D eigenvalue weighted by Crippen LogP contribution is 2.47. The van der Waals surface area contributed by atoms with Crippen molar-refractivity contribution in [3.63, 3.8) is 0 Å². The maximum absolute atomic E-state index is 13.3. The molecule has 33 heavy (non-hydrogen) atoms. The number of nitrogens with one attached hydrogen (secondary N) is 2. The van der Waals surface area contributed by atoms with Gasteiger partial charge in [0, 0.05) is 70.4 Å². The van der Waals surface area contributed by atoms with Gasteiger partial charge in [-0.3, -0.25) is 14.9 Å². The van der Waals surface area contributed by atoms with Gasteiger partial charge < -0.3 is 14.5 Å². The van der Waals surface area contributed by atoms with Crippen molar-refractivity contribution in [3.05, 3.63) is 71.5 Å². The van der Waals surface area contributed by atoms with Gasteiger partial charge in [-0.1, -0.05) is 36.4 Å². The Hall–Kier alpha value is -3.64. The van der Waals surface area contributed by atoms with E-state index in [0.29, 0.717) is 11.1 Å². The SMILES string of the molecule is Cn1cc(C2=C(c3c4n(c5ccccc35)CC3(CCNC3)C4)C(=O)NC2=O)c2ccccc21. The van der Waals surface area contributed by atoms with Crippen molar-refractivity contribution in [2.45, 2.75) is 19.4 Å². The van der Waals surface area contributed by atoms with Crippen LogP contribution in [0, 0.1) is 5.41 Å². The fourth-order valence-electron chi connectivity index (χ4n) is 6.32. The van der Waals surface area contributed by atoms with Crippen LogP contribution in [0.25, 0.3) is 33.0 Å². The third kappa shape index (κ3) is 2.47. The van der Waals surface area contributed by atoms with Gasteiger partial charge in [0.15, 0.2) is 0 Å². The predicted octanol–water partition coefficient (Wildman–Crippen LogP) is 3.24. The van der Waals surface area contributed by atoms with Crippen LogP contribution in [0.5, 0.6) is 0 Å². The lowest BCUT2D eigenvalue weighted by Crippen LogP contribution is -2.25. The van der Waals surface area contributed by atoms with Crippen LogP contribution >= 0.6 is 0 Å². The van der Waals surface area contributed by atoms with E-state index in [0.717, 1.165) is 65.4 Å². The van der Waals surface area contributed by atoms with E-state index >= 15 is 0 Å². The minimum absolute atomic E-state index is 0.188. The van der Waals surface area contributed by atoms with E-state index in [1.165, 1.54) is 5.69 Å². The Morgan fingerprint density at radius 3 is 2.42 bits per heavy atom. The molecule has 2 aromatic heterocycles. The van der Waals surface area contributed by atoms with Gasteiger partial charge in [0.1, 0.15) is 0 Å². The summed E-state index contributed by atoms with van der Waals surface area (Å²) in [6, 6.07) is 16.3. The zero-order valence-electron chi connectivity index (χ0n) is 18.4. The Bertz CT molecular complexity index is 1550. The molecular weight excluding hydrogens is 412 g/mol. The number of fused-ring (bicyclic) bond motifs is 4. The first kappa shape index (κ1) is 18.9. The molecule has 164 valence electrons. The van der Waals surface area contributed by atoms with E-state index in [9.17, 15) is 9.59 Å². The lowest BCUT2D eigenvalue weighted by molar-refractivity contribution is -0.122. The number of aryl methyl sites for hydroxylation is 1. The summed E-state index contributed by atoms with van der Waals surface area (Å²) in [5, 5.41) is 8.17. The molecule has 3 aliphatic rings. The second-order valence-corrected chi connectivity index (χ2v) is 9.73. The third-order valence-electron chi connectivity index (χ3n) is 7.79. The highest BCUT2D eigenvalue weighted by atomic mass is 16.2. The molecule has 1 saturated heterocycles. The fourth-order valence-corrected chi connectivity index (χ4v) is 6.32. The molecule has 1 fully saturated rings. The molecule has 2 aromatic carbocycles. The molecule has 7 rings (SSSR count). The van der Waals surface area contributed by atoms with Crippen molar-refractivity contribution in [1.29, 1.82) is 0 Å². The van der Waals surface area contributed by atoms with Crippen LogP contribution in [0.3, 0.4) is 0 Å². The lowest BCUT2D eigenvalue weighted by Gasteiger charge is -2.21. The second kappa shape index (κ2) is 6.45. The molecule has 2 amide bonds. The molecule has 2 N–H and O–H groups in total. The monoisotopic (exact) mass is 436 g/mol. The van der Waals surface area contributed by atoms with Crippen LogP contribution in [0.1, 0.15) is 23.2 Å². The number of amides is 2. The van der Waals surface area contributed by atoms with E-state index in [2.05, 4.69) is 33.4 Å². The van der Waals surface area contributed by atoms with E-state index in [-0.39, 0.29) is 17.2 Å². The van der Waals surface area contributed by atoms with Crippen molar-refractivity contribution in [3.8, 4) is 0 Å². The predicted molar refractivity (Wildman–Crippen MR) is 128 cm³/mol. The van der Waals surface area contributed by atoms with Crippen LogP contribution in [-0.2, 0) is 29.6 Å². The van der Waals surface area contributed by atoms with Crippen molar-refractivity contribution in [2.75, 3.05) is 13.1 Å². The average Bonchev–Trinajstić information content (AvgIpc) is 3.60. The van der Waals surface area contributed by atoms with Gasteiger partial charge in [-0.05, 0) is 31.5 Å². The smallest absolute Gasteiger partial charge is 0.259 e. The molecule has 6 nitrogen and oxygen atoms in total. The van der Waals surface area contributed by atoms with Crippen LogP contribution in [0.15, 0.2) is 54.7 Å². The van der Waals surface area contributed by atoms with Crippen molar-refractivity contribution in [2.24, 2.45) is 12.5 Å². The van der Waals surface area contributed by atoms with Gasteiger partial charge in [-0.25, -0.2) is 0 Å². The van der Waals surface area contributed by atoms with Crippen molar-refractivity contribution < 1.29 is 9.59 Å². The Balaban J connectivity index is 1.55. The molecule has 5 heterocycles. The molecule has 3 aliphatic heterocycles. The Morgan fingerprint density at radius 1 is 0.909 bits per heavy atom. The first-order valence-electron chi connectivity index (χ1n) is 11.5. The van der Waals surface area contributed by atoms with Crippen molar-refractivity contribution in [1.82, 2.24) is 19.8 Å². The highest BCUT2D eigenvalue weighted by Gasteiger charge is 2.44. The molecule has 0 bridgehead atoms. The second-order valence-electron chi connectivity index (χ2n) is 9.73. The number of nitrogens with zero attached hydrogens (tertiary/aromatic N) is 2. The first-order valence-corrected chi connectivity index (χ1v) is 11.5. The number of carbonyl (C=O) groups is 2. The zero-order chi connectivity index (χ0) is 22.3. The number of carbonyl (C=O) groups excluding carboxylic acids is 2. The summed E-state index contributed by atoms with van der Waals surface area (Å²) in [6.45, 7) is 2.96. The number of hydrogen-bond acceptors (Lipinski definition) is 3. The van der Waals surface area contributed by atoms with Gasteiger partial charge >= 0.3 is 0 Å². The van der Waals surface area contributed by atoms with Crippen LogP contribution in [0.4, 0.5) is 0 Å². The average molecular weight is 437 g/mol. The number of aromatic nitrogens is 2. The minimum Gasteiger partial charge on any atom is -0.350 e. The first-order chi connectivity index (χ1) is 16.1. The van der Waals surface area contributed by atoms with Gasteiger partial charge in [-0.2, -0.15) is 0 Å². The highest BCUT2D eigenvalue weighted by molar-refractivity contribution is 6.51. The van der Waals surface area contributed by atoms with Gasteiger partial charge in [0.05, 0.1) is 11.1 Å². The van der Waals surface area contributed by atoms with Crippen LogP contribution in [-0.4, -0.2) is 34.0 Å². The van der Waals surface area contributed by atoms with Gasteiger partial charge in [0.25, 0.3) is 11.8 Å². The maximum atomic E-state index is 13.3. The van der Waals surface area contributed by atoms with Crippen molar-refractivity contribution >= 4 is 44.8 Å². The number of hydrogen-bond donors (Lipinski definition) is 2. The summed E-state index contributed by atoms with van der Waals surface area (Å²) < 4.78 is 4.41. The van der Waals surface area contributed by atoms with E-state index in [4.69, 9.17) is 0 Å². The fraction of sp³-hybridized carbons (Fsp3) is 0.259. The normalized spacial score (nSPS) is 22.3. The van der Waals surface area contributed by atoms with E-state index in [1.807, 2.05) is 48.1 Å². The lowest BCUT2D eigenvalue weighted by atomic mass is 9.83. The standard InChI is InChI=1S/C27H24N4O2/c1-30-13-18(16-6-2-4-8-19(16)30)23-24(26(33)29-25(23)32)22-17-7-3-5-9-20(17)31-15-27(12-21(22)31)10-11-28-14-27/h2-9,13,28H,10-12,14-15H2,1H3,(H,29,32,33). The Labute approximate surface area is 190 Å². The molecule has 0 radical (unpaired) electrons. The summed E-state index contributed by atoms with van der Waals surface area (Å²) in [5.74, 6) is -0.613. The zero-order valence-corrected chi connectivity index (χ0v) is 18.4. The molecule has 1 unspecified atom stereocenters. The van der Waals surface area contributed by atoms with Gasteiger partial charge in [-0.15, -0.1) is 0 Å². The summed E-state index contributed by atoms with van der Waals surface area (Å²) in [5.41, 5.74) is 6.29. The summed E-state index contributed by atoms with van der Waals surface area (Å²) in [6.07, 6.45) is 4.01. The molecule has 0 saturated carbocycles. The van der Waals surface area contributed by atoms with Crippen LogP contribution in [0.2, 0.25) is 0 Å². The molecule has 0 aliphatic carbocycles. The summed E-state index contributed by atoms with van der Waals surface area (Å²) >= 11 is 0. The number of imide groups is 1.